The van der Waals surface area contributed by atoms with E-state index in [1.807, 2.05) is 59.2 Å². The molecule has 0 aliphatic heterocycles. The number of nitrogens with zero attached hydrogens (tertiary/aromatic N) is 3. The van der Waals surface area contributed by atoms with Crippen molar-refractivity contribution in [1.82, 2.24) is 9.55 Å². The maximum atomic E-state index is 10.4. The van der Waals surface area contributed by atoms with Gasteiger partial charge in [-0.2, -0.15) is 5.26 Å². The highest BCUT2D eigenvalue weighted by Crippen LogP contribution is 2.21. The number of aliphatic hydroxyl groups is 1. The zero-order valence-electron chi connectivity index (χ0n) is 11.5. The van der Waals surface area contributed by atoms with Crippen molar-refractivity contribution >= 4 is 11.0 Å². The average molecular weight is 277 g/mol. The van der Waals surface area contributed by atoms with Crippen LogP contribution in [0.4, 0.5) is 0 Å². The standard InChI is InChI=1S/C17H15N3O/c18-11-10-17-19-14-8-4-5-9-15(14)20(17)12-16(21)13-6-2-1-3-7-13/h1-9,16,21H,10,12H2. The van der Waals surface area contributed by atoms with E-state index in [1.54, 1.807) is 0 Å². The molecular formula is C17H15N3O. The fourth-order valence-electron chi connectivity index (χ4n) is 2.49. The molecule has 4 heteroatoms. The van der Waals surface area contributed by atoms with Gasteiger partial charge in [-0.25, -0.2) is 4.98 Å². The lowest BCUT2D eigenvalue weighted by atomic mass is 10.1. The molecule has 3 rings (SSSR count). The molecule has 0 aliphatic rings. The Balaban J connectivity index is 1.99. The van der Waals surface area contributed by atoms with Crippen LogP contribution in [0, 0.1) is 11.3 Å². The number of rotatable bonds is 4. The number of benzene rings is 2. The summed E-state index contributed by atoms with van der Waals surface area (Å²) in [5.74, 6) is 0.689. The molecule has 0 bridgehead atoms. The third kappa shape index (κ3) is 2.64. The summed E-state index contributed by atoms with van der Waals surface area (Å²) in [6.45, 7) is 0.390. The largest absolute Gasteiger partial charge is 0.387 e. The highest BCUT2D eigenvalue weighted by molar-refractivity contribution is 5.76. The summed E-state index contributed by atoms with van der Waals surface area (Å²) in [5.41, 5.74) is 2.65. The van der Waals surface area contributed by atoms with Crippen molar-refractivity contribution in [2.45, 2.75) is 19.1 Å². The molecule has 0 fully saturated rings. The molecule has 1 aromatic heterocycles. The van der Waals surface area contributed by atoms with Gasteiger partial charge in [0.15, 0.2) is 0 Å². The van der Waals surface area contributed by atoms with Crippen molar-refractivity contribution in [3.8, 4) is 6.07 Å². The van der Waals surface area contributed by atoms with Crippen LogP contribution in [-0.2, 0) is 13.0 Å². The normalized spacial score (nSPS) is 12.2. The fraction of sp³-hybridized carbons (Fsp3) is 0.176. The molecule has 3 aromatic rings. The molecule has 2 aromatic carbocycles. The summed E-state index contributed by atoms with van der Waals surface area (Å²) in [4.78, 5) is 4.48. The second kappa shape index (κ2) is 5.78. The van der Waals surface area contributed by atoms with Crippen molar-refractivity contribution in [2.24, 2.45) is 0 Å². The highest BCUT2D eigenvalue weighted by atomic mass is 16.3. The molecule has 0 spiro atoms. The van der Waals surface area contributed by atoms with Gasteiger partial charge in [-0.1, -0.05) is 42.5 Å². The third-order valence-electron chi connectivity index (χ3n) is 3.51. The number of para-hydroxylation sites is 2. The number of hydrogen-bond donors (Lipinski definition) is 1. The molecular weight excluding hydrogens is 262 g/mol. The van der Waals surface area contributed by atoms with E-state index in [-0.39, 0.29) is 6.42 Å². The van der Waals surface area contributed by atoms with E-state index in [0.29, 0.717) is 12.4 Å². The van der Waals surface area contributed by atoms with E-state index < -0.39 is 6.10 Å². The van der Waals surface area contributed by atoms with E-state index >= 15 is 0 Å². The van der Waals surface area contributed by atoms with Crippen LogP contribution in [0.5, 0.6) is 0 Å². The number of fused-ring (bicyclic) bond motifs is 1. The van der Waals surface area contributed by atoms with Crippen LogP contribution in [0.15, 0.2) is 54.6 Å². The zero-order valence-corrected chi connectivity index (χ0v) is 11.5. The van der Waals surface area contributed by atoms with Crippen LogP contribution < -0.4 is 0 Å². The predicted octanol–water partition coefficient (Wildman–Crippen LogP) is 2.84. The van der Waals surface area contributed by atoms with Crippen molar-refractivity contribution in [3.63, 3.8) is 0 Å². The summed E-state index contributed by atoms with van der Waals surface area (Å²) in [6.07, 6.45) is -0.392. The number of aliphatic hydroxyl groups excluding tert-OH is 1. The highest BCUT2D eigenvalue weighted by Gasteiger charge is 2.14. The lowest BCUT2D eigenvalue weighted by Crippen LogP contribution is -2.11. The Morgan fingerprint density at radius 1 is 1.10 bits per heavy atom. The molecule has 0 amide bonds. The summed E-state index contributed by atoms with van der Waals surface area (Å²) in [7, 11) is 0. The second-order valence-corrected chi connectivity index (χ2v) is 4.89. The van der Waals surface area contributed by atoms with Gasteiger partial charge in [-0.15, -0.1) is 0 Å². The first-order valence-corrected chi connectivity index (χ1v) is 6.83. The van der Waals surface area contributed by atoms with Gasteiger partial charge in [-0.3, -0.25) is 0 Å². The molecule has 104 valence electrons. The Morgan fingerprint density at radius 3 is 2.57 bits per heavy atom. The predicted molar refractivity (Wildman–Crippen MR) is 80.5 cm³/mol. The Kier molecular flexibility index (Phi) is 3.67. The lowest BCUT2D eigenvalue weighted by Gasteiger charge is -2.14. The topological polar surface area (TPSA) is 61.8 Å². The molecule has 1 unspecified atom stereocenters. The molecule has 0 saturated heterocycles. The van der Waals surface area contributed by atoms with E-state index in [4.69, 9.17) is 5.26 Å². The van der Waals surface area contributed by atoms with E-state index in [9.17, 15) is 5.11 Å². The van der Waals surface area contributed by atoms with Gasteiger partial charge >= 0.3 is 0 Å². The van der Waals surface area contributed by atoms with Crippen molar-refractivity contribution in [3.05, 3.63) is 66.0 Å². The van der Waals surface area contributed by atoms with Crippen LogP contribution in [0.25, 0.3) is 11.0 Å². The van der Waals surface area contributed by atoms with Crippen LogP contribution in [0.1, 0.15) is 17.5 Å². The van der Waals surface area contributed by atoms with Gasteiger partial charge in [0.2, 0.25) is 0 Å². The smallest absolute Gasteiger partial charge is 0.124 e. The summed E-state index contributed by atoms with van der Waals surface area (Å²) >= 11 is 0. The van der Waals surface area contributed by atoms with Crippen LogP contribution in [0.2, 0.25) is 0 Å². The summed E-state index contributed by atoms with van der Waals surface area (Å²) in [5, 5.41) is 19.4. The SMILES string of the molecule is N#CCc1nc2ccccc2n1CC(O)c1ccccc1. The minimum absolute atomic E-state index is 0.232. The number of aromatic nitrogens is 2. The Hall–Kier alpha value is -2.64. The van der Waals surface area contributed by atoms with Crippen molar-refractivity contribution in [2.75, 3.05) is 0 Å². The van der Waals surface area contributed by atoms with Gasteiger partial charge in [0.25, 0.3) is 0 Å². The average Bonchev–Trinajstić information content (AvgIpc) is 2.86. The van der Waals surface area contributed by atoms with Gasteiger partial charge in [0.1, 0.15) is 5.82 Å². The van der Waals surface area contributed by atoms with Crippen molar-refractivity contribution in [1.29, 1.82) is 5.26 Å². The molecule has 1 atom stereocenters. The molecule has 0 saturated carbocycles. The van der Waals surface area contributed by atoms with E-state index in [2.05, 4.69) is 11.1 Å². The number of nitriles is 1. The Labute approximate surface area is 122 Å². The molecule has 4 nitrogen and oxygen atoms in total. The van der Waals surface area contributed by atoms with Crippen LogP contribution >= 0.6 is 0 Å². The van der Waals surface area contributed by atoms with E-state index in [1.165, 1.54) is 0 Å². The Bertz CT molecular complexity index is 787. The molecule has 0 radical (unpaired) electrons. The lowest BCUT2D eigenvalue weighted by molar-refractivity contribution is 0.157. The molecule has 21 heavy (non-hydrogen) atoms. The zero-order chi connectivity index (χ0) is 14.7. The molecule has 0 aliphatic carbocycles. The minimum Gasteiger partial charge on any atom is -0.387 e. The van der Waals surface area contributed by atoms with Crippen LogP contribution in [0.3, 0.4) is 0 Å². The maximum Gasteiger partial charge on any atom is 0.124 e. The quantitative estimate of drug-likeness (QED) is 0.797. The summed E-state index contributed by atoms with van der Waals surface area (Å²) in [6, 6.07) is 19.4. The number of hydrogen-bond acceptors (Lipinski definition) is 3. The fourth-order valence-corrected chi connectivity index (χ4v) is 2.49. The van der Waals surface area contributed by atoms with Gasteiger partial charge in [-0.05, 0) is 17.7 Å². The van der Waals surface area contributed by atoms with Crippen molar-refractivity contribution < 1.29 is 5.11 Å². The van der Waals surface area contributed by atoms with E-state index in [0.717, 1.165) is 16.6 Å². The van der Waals surface area contributed by atoms with Gasteiger partial charge in [0, 0.05) is 0 Å². The van der Waals surface area contributed by atoms with Crippen LogP contribution in [-0.4, -0.2) is 14.7 Å². The Morgan fingerprint density at radius 2 is 1.81 bits per heavy atom. The monoisotopic (exact) mass is 277 g/mol. The first kappa shape index (κ1) is 13.3. The first-order chi connectivity index (χ1) is 10.3. The van der Waals surface area contributed by atoms with Gasteiger partial charge in [0.05, 0.1) is 36.2 Å². The third-order valence-corrected chi connectivity index (χ3v) is 3.51. The molecule has 1 N–H and O–H groups in total. The first-order valence-electron chi connectivity index (χ1n) is 6.83. The second-order valence-electron chi connectivity index (χ2n) is 4.89. The molecule has 1 heterocycles. The number of imidazole rings is 1. The maximum absolute atomic E-state index is 10.4. The minimum atomic E-state index is -0.624. The summed E-state index contributed by atoms with van der Waals surface area (Å²) < 4.78 is 1.93. The van der Waals surface area contributed by atoms with Gasteiger partial charge < -0.3 is 9.67 Å².